The van der Waals surface area contributed by atoms with Crippen molar-refractivity contribution in [3.8, 4) is 0 Å². The van der Waals surface area contributed by atoms with E-state index in [0.717, 1.165) is 13.0 Å². The monoisotopic (exact) mass is 212 g/mol. The molecule has 0 radical (unpaired) electrons. The summed E-state index contributed by atoms with van der Waals surface area (Å²) in [7, 11) is 0. The molecule has 0 aromatic heterocycles. The van der Waals surface area contributed by atoms with E-state index in [9.17, 15) is 4.79 Å². The van der Waals surface area contributed by atoms with Gasteiger partial charge >= 0.3 is 0 Å². The van der Waals surface area contributed by atoms with Gasteiger partial charge in [0.25, 0.3) is 0 Å². The summed E-state index contributed by atoms with van der Waals surface area (Å²) >= 11 is 0. The number of rotatable bonds is 7. The van der Waals surface area contributed by atoms with Crippen molar-refractivity contribution >= 4 is 5.91 Å². The lowest BCUT2D eigenvalue weighted by atomic mass is 10.00. The molecule has 0 aromatic carbocycles. The van der Waals surface area contributed by atoms with Crippen LogP contribution in [0.1, 0.15) is 46.0 Å². The normalized spacial score (nSPS) is 19.7. The van der Waals surface area contributed by atoms with Crippen LogP contribution in [-0.4, -0.2) is 19.0 Å². The fourth-order valence-corrected chi connectivity index (χ4v) is 2.10. The number of carbonyl (C=O) groups excluding carboxylic acids is 1. The first-order chi connectivity index (χ1) is 7.17. The average Bonchev–Trinajstić information content (AvgIpc) is 2.98. The molecule has 1 unspecified atom stereocenters. The van der Waals surface area contributed by atoms with Gasteiger partial charge in [-0.25, -0.2) is 0 Å². The van der Waals surface area contributed by atoms with E-state index in [1.807, 2.05) is 6.92 Å². The van der Waals surface area contributed by atoms with Crippen LogP contribution in [0.25, 0.3) is 0 Å². The van der Waals surface area contributed by atoms with E-state index in [1.54, 1.807) is 0 Å². The molecule has 3 heteroatoms. The van der Waals surface area contributed by atoms with E-state index in [-0.39, 0.29) is 11.8 Å². The van der Waals surface area contributed by atoms with Gasteiger partial charge in [0, 0.05) is 19.0 Å². The first-order valence-electron chi connectivity index (χ1n) is 6.15. The number of hydrogen-bond acceptors (Lipinski definition) is 2. The lowest BCUT2D eigenvalue weighted by molar-refractivity contribution is -0.125. The molecular weight excluding hydrogens is 188 g/mol. The Balaban J connectivity index is 2.27. The maximum atomic E-state index is 11.7. The Morgan fingerprint density at radius 3 is 2.53 bits per heavy atom. The summed E-state index contributed by atoms with van der Waals surface area (Å²) < 4.78 is 0. The molecule has 3 N–H and O–H groups in total. The van der Waals surface area contributed by atoms with Crippen LogP contribution in [0.2, 0.25) is 0 Å². The second kappa shape index (κ2) is 5.50. The summed E-state index contributed by atoms with van der Waals surface area (Å²) in [5.74, 6) is 0.143. The minimum atomic E-state index is 0.00225. The topological polar surface area (TPSA) is 55.1 Å². The van der Waals surface area contributed by atoms with Crippen LogP contribution >= 0.6 is 0 Å². The maximum absolute atomic E-state index is 11.7. The van der Waals surface area contributed by atoms with Crippen LogP contribution in [0, 0.1) is 11.3 Å². The first kappa shape index (κ1) is 12.5. The molecule has 0 aromatic rings. The molecular formula is C12H24N2O. The zero-order valence-electron chi connectivity index (χ0n) is 10.0. The fraction of sp³-hybridized carbons (Fsp3) is 0.917. The Bertz CT molecular complexity index is 208. The largest absolute Gasteiger partial charge is 0.355 e. The predicted octanol–water partition coefficient (Wildman–Crippen LogP) is 1.67. The Morgan fingerprint density at radius 1 is 1.47 bits per heavy atom. The lowest BCUT2D eigenvalue weighted by Crippen LogP contribution is -2.37. The number of nitrogens with one attached hydrogen (secondary N) is 1. The first-order valence-corrected chi connectivity index (χ1v) is 6.15. The molecule has 1 aliphatic rings. The number of hydrogen-bond donors (Lipinski definition) is 2. The standard InChI is InChI=1S/C12H24N2O/c1-3-5-12(6-7-12)9-14-11(15)10(4-2)8-13/h10H,3-9,13H2,1-2H3,(H,14,15). The molecule has 1 atom stereocenters. The predicted molar refractivity (Wildman–Crippen MR) is 62.4 cm³/mol. The molecule has 0 bridgehead atoms. The second-order valence-electron chi connectivity index (χ2n) is 4.81. The summed E-state index contributed by atoms with van der Waals surface area (Å²) in [5.41, 5.74) is 5.98. The number of carbonyl (C=O) groups is 1. The highest BCUT2D eigenvalue weighted by molar-refractivity contribution is 5.78. The Kier molecular flexibility index (Phi) is 4.58. The van der Waals surface area contributed by atoms with E-state index < -0.39 is 0 Å². The Morgan fingerprint density at radius 2 is 2.13 bits per heavy atom. The van der Waals surface area contributed by atoms with Gasteiger partial charge in [0.15, 0.2) is 0 Å². The molecule has 1 amide bonds. The third kappa shape index (κ3) is 3.49. The van der Waals surface area contributed by atoms with E-state index >= 15 is 0 Å². The van der Waals surface area contributed by atoms with Crippen molar-refractivity contribution in [1.82, 2.24) is 5.32 Å². The van der Waals surface area contributed by atoms with Crippen molar-refractivity contribution in [2.75, 3.05) is 13.1 Å². The van der Waals surface area contributed by atoms with Gasteiger partial charge in [0.1, 0.15) is 0 Å². The summed E-state index contributed by atoms with van der Waals surface area (Å²) in [6.45, 7) is 5.53. The zero-order valence-corrected chi connectivity index (χ0v) is 10.0. The van der Waals surface area contributed by atoms with Crippen LogP contribution in [0.15, 0.2) is 0 Å². The molecule has 1 rings (SSSR count). The molecule has 1 saturated carbocycles. The molecule has 3 nitrogen and oxygen atoms in total. The van der Waals surface area contributed by atoms with Crippen LogP contribution in [0.5, 0.6) is 0 Å². The van der Waals surface area contributed by atoms with E-state index in [4.69, 9.17) is 5.73 Å². The third-order valence-electron chi connectivity index (χ3n) is 3.52. The fourth-order valence-electron chi connectivity index (χ4n) is 2.10. The van der Waals surface area contributed by atoms with Gasteiger partial charge in [-0.1, -0.05) is 20.3 Å². The van der Waals surface area contributed by atoms with E-state index in [1.165, 1.54) is 25.7 Å². The number of amides is 1. The third-order valence-corrected chi connectivity index (χ3v) is 3.52. The number of nitrogens with two attached hydrogens (primary N) is 1. The quantitative estimate of drug-likeness (QED) is 0.674. The van der Waals surface area contributed by atoms with Crippen molar-refractivity contribution in [1.29, 1.82) is 0 Å². The molecule has 1 aliphatic carbocycles. The van der Waals surface area contributed by atoms with E-state index in [2.05, 4.69) is 12.2 Å². The highest BCUT2D eigenvalue weighted by atomic mass is 16.1. The van der Waals surface area contributed by atoms with Gasteiger partial charge in [0.2, 0.25) is 5.91 Å². The van der Waals surface area contributed by atoms with Crippen molar-refractivity contribution < 1.29 is 4.79 Å². The van der Waals surface area contributed by atoms with Crippen LogP contribution in [0.4, 0.5) is 0 Å². The van der Waals surface area contributed by atoms with Crippen molar-refractivity contribution in [2.24, 2.45) is 17.1 Å². The Labute approximate surface area is 92.8 Å². The summed E-state index contributed by atoms with van der Waals surface area (Å²) in [6.07, 6.45) is 5.85. The van der Waals surface area contributed by atoms with Crippen molar-refractivity contribution in [3.05, 3.63) is 0 Å². The molecule has 0 saturated heterocycles. The van der Waals surface area contributed by atoms with Crippen LogP contribution in [0.3, 0.4) is 0 Å². The summed E-state index contributed by atoms with van der Waals surface area (Å²) in [6, 6.07) is 0. The van der Waals surface area contributed by atoms with Crippen molar-refractivity contribution in [3.63, 3.8) is 0 Å². The minimum absolute atomic E-state index is 0.00225. The highest BCUT2D eigenvalue weighted by Gasteiger charge is 2.41. The molecule has 15 heavy (non-hydrogen) atoms. The highest BCUT2D eigenvalue weighted by Crippen LogP contribution is 2.48. The van der Waals surface area contributed by atoms with Gasteiger partial charge < -0.3 is 11.1 Å². The molecule has 0 aliphatic heterocycles. The van der Waals surface area contributed by atoms with Crippen molar-refractivity contribution in [2.45, 2.75) is 46.0 Å². The maximum Gasteiger partial charge on any atom is 0.224 e. The summed E-state index contributed by atoms with van der Waals surface area (Å²) in [5, 5.41) is 3.05. The summed E-state index contributed by atoms with van der Waals surface area (Å²) in [4.78, 5) is 11.7. The molecule has 1 fully saturated rings. The average molecular weight is 212 g/mol. The SMILES string of the molecule is CCCC1(CNC(=O)C(CC)CN)CC1. The zero-order chi connectivity index (χ0) is 11.3. The molecule has 88 valence electrons. The van der Waals surface area contributed by atoms with Crippen LogP contribution < -0.4 is 11.1 Å². The molecule has 0 spiro atoms. The smallest absolute Gasteiger partial charge is 0.224 e. The molecule has 0 heterocycles. The van der Waals surface area contributed by atoms with Gasteiger partial charge in [-0.15, -0.1) is 0 Å². The van der Waals surface area contributed by atoms with E-state index in [0.29, 0.717) is 12.0 Å². The second-order valence-corrected chi connectivity index (χ2v) is 4.81. The Hall–Kier alpha value is -0.570. The minimum Gasteiger partial charge on any atom is -0.355 e. The van der Waals surface area contributed by atoms with Gasteiger partial charge in [-0.3, -0.25) is 4.79 Å². The van der Waals surface area contributed by atoms with Crippen LogP contribution in [-0.2, 0) is 4.79 Å². The van der Waals surface area contributed by atoms with Gasteiger partial charge in [-0.2, -0.15) is 0 Å². The lowest BCUT2D eigenvalue weighted by Gasteiger charge is -2.18. The van der Waals surface area contributed by atoms with Gasteiger partial charge in [-0.05, 0) is 31.1 Å². The van der Waals surface area contributed by atoms with Gasteiger partial charge in [0.05, 0.1) is 0 Å².